The van der Waals surface area contributed by atoms with E-state index in [2.05, 4.69) is 287 Å². The van der Waals surface area contributed by atoms with Crippen molar-refractivity contribution in [1.82, 2.24) is 0 Å². The van der Waals surface area contributed by atoms with Gasteiger partial charge in [-0.3, -0.25) is 0 Å². The largest absolute Gasteiger partial charge is 0.322 e. The molecule has 432 valence electrons. The van der Waals surface area contributed by atoms with Crippen LogP contribution in [0, 0.1) is 5.92 Å². The Balaban J connectivity index is 1.09. The van der Waals surface area contributed by atoms with Gasteiger partial charge in [-0.2, -0.15) is 0 Å². The Hall–Kier alpha value is -6.42. The molecule has 0 spiro atoms. The van der Waals surface area contributed by atoms with Gasteiger partial charge in [0.2, 0.25) is 0 Å². The quantitative estimate of drug-likeness (QED) is 0.0579. The second-order valence-corrected chi connectivity index (χ2v) is 26.8. The van der Waals surface area contributed by atoms with Gasteiger partial charge < -0.3 is 15.5 Å². The molecule has 7 aromatic carbocycles. The van der Waals surface area contributed by atoms with E-state index < -0.39 is 5.54 Å². The third kappa shape index (κ3) is 14.5. The van der Waals surface area contributed by atoms with Crippen LogP contribution in [0.3, 0.4) is 0 Å². The summed E-state index contributed by atoms with van der Waals surface area (Å²) in [5.41, 5.74) is 23.9. The minimum Gasteiger partial charge on any atom is -0.322 e. The smallest absolute Gasteiger partial charge is 0.0462 e. The summed E-state index contributed by atoms with van der Waals surface area (Å²) < 4.78 is 0. The number of unbranched alkanes of at least 4 members (excludes halogenated alkanes) is 10. The Bertz CT molecular complexity index is 3110. The molecule has 0 fully saturated rings. The first-order valence-electron chi connectivity index (χ1n) is 31.7. The van der Waals surface area contributed by atoms with E-state index in [0.717, 1.165) is 40.5 Å². The molecule has 0 radical (unpaired) electrons. The van der Waals surface area contributed by atoms with Gasteiger partial charge in [0, 0.05) is 45.1 Å². The first-order chi connectivity index (χ1) is 39.3. The Kier molecular flexibility index (Phi) is 20.5. The van der Waals surface area contributed by atoms with Gasteiger partial charge in [0.1, 0.15) is 0 Å². The van der Waals surface area contributed by atoms with Gasteiger partial charge >= 0.3 is 0 Å². The summed E-state index contributed by atoms with van der Waals surface area (Å²) in [6.45, 7) is 28.3. The van der Waals surface area contributed by atoms with Crippen LogP contribution < -0.4 is 15.5 Å². The van der Waals surface area contributed by atoms with E-state index in [-0.39, 0.29) is 21.7 Å². The molecule has 0 bridgehead atoms. The maximum absolute atomic E-state index is 6.99. The lowest BCUT2D eigenvalue weighted by Crippen LogP contribution is -2.41. The lowest BCUT2D eigenvalue weighted by atomic mass is 9.58. The number of anilines is 6. The molecule has 3 nitrogen and oxygen atoms in total. The minimum atomic E-state index is -0.412. The van der Waals surface area contributed by atoms with Crippen LogP contribution in [0.4, 0.5) is 34.1 Å². The number of allylic oxidation sites excluding steroid dienone is 2. The Morgan fingerprint density at radius 1 is 0.439 bits per heavy atom. The minimum absolute atomic E-state index is 0.0131. The highest BCUT2D eigenvalue weighted by molar-refractivity contribution is 5.81. The lowest BCUT2D eigenvalue weighted by Gasteiger charge is -2.45. The molecular weight excluding hydrogens is 991 g/mol. The zero-order chi connectivity index (χ0) is 58.5. The zero-order valence-corrected chi connectivity index (χ0v) is 52.6. The fourth-order valence-electron chi connectivity index (χ4n) is 12.9. The Morgan fingerprint density at radius 2 is 0.817 bits per heavy atom. The average Bonchev–Trinajstić information content (AvgIpc) is 2.44. The molecule has 0 saturated heterocycles. The summed E-state index contributed by atoms with van der Waals surface area (Å²) in [4.78, 5) is 4.74. The van der Waals surface area contributed by atoms with Crippen LogP contribution in [0.5, 0.6) is 0 Å². The molecule has 0 aliphatic heterocycles. The molecule has 3 heteroatoms. The number of rotatable bonds is 25. The van der Waals surface area contributed by atoms with Gasteiger partial charge in [0.25, 0.3) is 0 Å². The molecule has 2 N–H and O–H groups in total. The van der Waals surface area contributed by atoms with Crippen molar-refractivity contribution in [1.29, 1.82) is 0 Å². The molecule has 82 heavy (non-hydrogen) atoms. The van der Waals surface area contributed by atoms with Gasteiger partial charge in [-0.05, 0) is 173 Å². The molecule has 8 rings (SSSR count). The summed E-state index contributed by atoms with van der Waals surface area (Å²) in [5, 5.41) is 0. The standard InChI is InChI=1S/C79H101N3/c1-13-15-17-19-21-29-56-79(57-30-22-20-18-16-14-2)60(3)58-67(78(11,12)80)33-31-32-63-38-43-66(59-74(63)79)77(9,10)76(7,8)65-46-54-73(55-47-65)82(69-36-27-24-28-37-69)71-50-41-62(42-51-71)61-39-48-70(49-40-61)81(68-34-25-23-26-35-68)72-52-44-64(45-53-72)75(4,5)6/h23-28,31,33-55,58-60H,13-22,29-30,32,56-57,80H2,1-12H3. The van der Waals surface area contributed by atoms with Gasteiger partial charge in [-0.1, -0.05) is 268 Å². The van der Waals surface area contributed by atoms with Crippen LogP contribution in [-0.4, -0.2) is 5.54 Å². The first kappa shape index (κ1) is 61.6. The van der Waals surface area contributed by atoms with Crippen LogP contribution in [0.15, 0.2) is 200 Å². The predicted molar refractivity (Wildman–Crippen MR) is 358 cm³/mol. The number of nitrogens with two attached hydrogens (primary N) is 1. The Labute approximate surface area is 498 Å². The van der Waals surface area contributed by atoms with Gasteiger partial charge in [-0.15, -0.1) is 0 Å². The van der Waals surface area contributed by atoms with E-state index in [1.165, 1.54) is 129 Å². The highest BCUT2D eigenvalue weighted by Gasteiger charge is 2.43. The number of hydrogen-bond donors (Lipinski definition) is 1. The van der Waals surface area contributed by atoms with Crippen molar-refractivity contribution in [2.24, 2.45) is 11.7 Å². The van der Waals surface area contributed by atoms with Crippen LogP contribution >= 0.6 is 0 Å². The monoisotopic (exact) mass is 1090 g/mol. The lowest BCUT2D eigenvalue weighted by molar-refractivity contribution is 0.262. The fraction of sp³-hybridized carbons (Fsp3) is 0.418. The molecule has 0 amide bonds. The van der Waals surface area contributed by atoms with Crippen molar-refractivity contribution < 1.29 is 0 Å². The number of benzene rings is 7. The average molecular weight is 1090 g/mol. The van der Waals surface area contributed by atoms with E-state index >= 15 is 0 Å². The number of nitrogens with zero attached hydrogens (tertiary/aromatic N) is 2. The van der Waals surface area contributed by atoms with Crippen molar-refractivity contribution in [3.63, 3.8) is 0 Å². The third-order valence-electron chi connectivity index (χ3n) is 19.0. The SMILES string of the molecule is CCCCCCCCC1(CCCCCCCC)c2cc(C(C)(C)C(C)(C)c3ccc(N(c4ccccc4)c4ccc(-c5ccc(N(c6ccccc6)c6ccc(C(C)(C)C)cc6)cc5)cc4)cc3)ccc2CC=CC(C(C)(C)N)=CC1C. The molecule has 1 atom stereocenters. The molecular formula is C79H101N3. The topological polar surface area (TPSA) is 32.5 Å². The predicted octanol–water partition coefficient (Wildman–Crippen LogP) is 23.0. The number of para-hydroxylation sites is 2. The van der Waals surface area contributed by atoms with Crippen molar-refractivity contribution in [2.45, 2.75) is 207 Å². The van der Waals surface area contributed by atoms with Crippen molar-refractivity contribution in [3.8, 4) is 11.1 Å². The second kappa shape index (κ2) is 27.3. The third-order valence-corrected chi connectivity index (χ3v) is 19.0. The van der Waals surface area contributed by atoms with Gasteiger partial charge in [-0.25, -0.2) is 0 Å². The summed E-state index contributed by atoms with van der Waals surface area (Å²) in [5.74, 6) is 0.340. The van der Waals surface area contributed by atoms with Crippen molar-refractivity contribution in [2.75, 3.05) is 9.80 Å². The van der Waals surface area contributed by atoms with E-state index in [9.17, 15) is 0 Å². The van der Waals surface area contributed by atoms with Crippen LogP contribution in [0.2, 0.25) is 0 Å². The molecule has 1 aliphatic rings. The molecule has 0 saturated carbocycles. The summed E-state index contributed by atoms with van der Waals surface area (Å²) in [7, 11) is 0. The number of hydrogen-bond acceptors (Lipinski definition) is 3. The summed E-state index contributed by atoms with van der Waals surface area (Å²) in [6, 6.07) is 65.8. The maximum Gasteiger partial charge on any atom is 0.0462 e. The first-order valence-corrected chi connectivity index (χ1v) is 31.7. The molecule has 7 aromatic rings. The van der Waals surface area contributed by atoms with E-state index in [1.54, 1.807) is 5.56 Å². The highest BCUT2D eigenvalue weighted by atomic mass is 15.1. The highest BCUT2D eigenvalue weighted by Crippen LogP contribution is 2.51. The van der Waals surface area contributed by atoms with Gasteiger partial charge in [0.15, 0.2) is 0 Å². The molecule has 1 unspecified atom stereocenters. The van der Waals surface area contributed by atoms with Crippen LogP contribution in [0.1, 0.15) is 201 Å². The normalized spacial score (nSPS) is 14.8. The maximum atomic E-state index is 6.99. The van der Waals surface area contributed by atoms with E-state index in [1.807, 2.05) is 0 Å². The molecule has 0 aromatic heterocycles. The van der Waals surface area contributed by atoms with E-state index in [4.69, 9.17) is 5.73 Å². The summed E-state index contributed by atoms with van der Waals surface area (Å²) in [6.07, 6.45) is 26.4. The van der Waals surface area contributed by atoms with Gasteiger partial charge in [0.05, 0.1) is 0 Å². The van der Waals surface area contributed by atoms with Crippen molar-refractivity contribution in [3.05, 3.63) is 228 Å². The number of fused-ring (bicyclic) bond motifs is 1. The zero-order valence-electron chi connectivity index (χ0n) is 52.6. The second-order valence-electron chi connectivity index (χ2n) is 26.8. The Morgan fingerprint density at radius 3 is 1.24 bits per heavy atom. The van der Waals surface area contributed by atoms with Crippen molar-refractivity contribution >= 4 is 34.1 Å². The molecule has 0 heterocycles. The molecule has 1 aliphatic carbocycles. The van der Waals surface area contributed by atoms with Crippen LogP contribution in [-0.2, 0) is 28.1 Å². The fourth-order valence-corrected chi connectivity index (χ4v) is 12.9. The van der Waals surface area contributed by atoms with E-state index in [0.29, 0.717) is 5.92 Å². The summed E-state index contributed by atoms with van der Waals surface area (Å²) >= 11 is 0. The van der Waals surface area contributed by atoms with Crippen LogP contribution in [0.25, 0.3) is 11.1 Å².